The van der Waals surface area contributed by atoms with Crippen molar-refractivity contribution in [2.45, 2.75) is 13.5 Å². The van der Waals surface area contributed by atoms with Crippen LogP contribution in [0.2, 0.25) is 0 Å². The Balaban J connectivity index is 1.99. The number of aromatic nitrogens is 2. The van der Waals surface area contributed by atoms with Crippen molar-refractivity contribution in [1.82, 2.24) is 10.2 Å². The summed E-state index contributed by atoms with van der Waals surface area (Å²) in [5.74, 6) is 0.793. The molecule has 0 aliphatic heterocycles. The quantitative estimate of drug-likeness (QED) is 0.877. The first-order valence-corrected chi connectivity index (χ1v) is 7.93. The number of nitrogens with one attached hydrogen (secondary N) is 2. The molecule has 1 heterocycles. The van der Waals surface area contributed by atoms with Crippen LogP contribution in [-0.4, -0.2) is 24.9 Å². The Morgan fingerprint density at radius 3 is 2.30 bits per heavy atom. The van der Waals surface area contributed by atoms with Gasteiger partial charge in [-0.2, -0.15) is 0 Å². The maximum atomic E-state index is 11.0. The van der Waals surface area contributed by atoms with Gasteiger partial charge in [-0.3, -0.25) is 4.72 Å². The van der Waals surface area contributed by atoms with E-state index in [4.69, 9.17) is 0 Å². The van der Waals surface area contributed by atoms with Gasteiger partial charge in [0.2, 0.25) is 10.0 Å². The summed E-state index contributed by atoms with van der Waals surface area (Å²) >= 11 is 0. The van der Waals surface area contributed by atoms with E-state index in [9.17, 15) is 8.42 Å². The summed E-state index contributed by atoms with van der Waals surface area (Å²) in [6.07, 6.45) is 1.07. The number of hydrogen-bond acceptors (Lipinski definition) is 5. The fraction of sp³-hybridized carbons (Fsp3) is 0.231. The zero-order valence-electron chi connectivity index (χ0n) is 11.3. The Morgan fingerprint density at radius 1 is 1.05 bits per heavy atom. The van der Waals surface area contributed by atoms with Gasteiger partial charge in [0.15, 0.2) is 5.82 Å². The topological polar surface area (TPSA) is 84.0 Å². The molecule has 2 N–H and O–H groups in total. The molecule has 20 heavy (non-hydrogen) atoms. The van der Waals surface area contributed by atoms with Crippen molar-refractivity contribution in [2.24, 2.45) is 0 Å². The van der Waals surface area contributed by atoms with Crippen LogP contribution in [0.4, 0.5) is 11.6 Å². The number of anilines is 2. The number of benzene rings is 1. The molecule has 0 unspecified atom stereocenters. The lowest BCUT2D eigenvalue weighted by Gasteiger charge is -2.08. The molecular weight excluding hydrogens is 276 g/mol. The Bertz CT molecular complexity index is 684. The van der Waals surface area contributed by atoms with E-state index in [1.165, 1.54) is 11.1 Å². The molecule has 106 valence electrons. The predicted molar refractivity (Wildman–Crippen MR) is 79.0 cm³/mol. The highest BCUT2D eigenvalue weighted by atomic mass is 32.2. The Morgan fingerprint density at radius 2 is 1.70 bits per heavy atom. The molecule has 0 spiro atoms. The Hall–Kier alpha value is -2.15. The van der Waals surface area contributed by atoms with Crippen LogP contribution in [0, 0.1) is 6.92 Å². The fourth-order valence-electron chi connectivity index (χ4n) is 1.67. The van der Waals surface area contributed by atoms with E-state index >= 15 is 0 Å². The van der Waals surface area contributed by atoms with Gasteiger partial charge in [0.05, 0.1) is 6.26 Å². The zero-order valence-corrected chi connectivity index (χ0v) is 12.1. The summed E-state index contributed by atoms with van der Waals surface area (Å²) in [5.41, 5.74) is 2.37. The van der Waals surface area contributed by atoms with Crippen LogP contribution in [0.15, 0.2) is 36.4 Å². The molecule has 0 atom stereocenters. The summed E-state index contributed by atoms with van der Waals surface area (Å²) in [6.45, 7) is 2.68. The molecule has 1 aromatic carbocycles. The highest BCUT2D eigenvalue weighted by Crippen LogP contribution is 2.11. The van der Waals surface area contributed by atoms with Crippen LogP contribution in [0.1, 0.15) is 11.1 Å². The van der Waals surface area contributed by atoms with Crippen LogP contribution < -0.4 is 10.0 Å². The lowest BCUT2D eigenvalue weighted by molar-refractivity contribution is 0.606. The number of rotatable bonds is 5. The van der Waals surface area contributed by atoms with E-state index in [0.717, 1.165) is 6.26 Å². The van der Waals surface area contributed by atoms with Crippen molar-refractivity contribution < 1.29 is 8.42 Å². The molecule has 0 aliphatic rings. The molecule has 7 heteroatoms. The van der Waals surface area contributed by atoms with E-state index in [1.807, 2.05) is 31.2 Å². The Kier molecular flexibility index (Phi) is 4.19. The number of hydrogen-bond donors (Lipinski definition) is 2. The van der Waals surface area contributed by atoms with Gasteiger partial charge < -0.3 is 5.32 Å². The molecule has 0 saturated heterocycles. The SMILES string of the molecule is Cc1ccccc1CNc1ccc(NS(C)(=O)=O)nn1. The van der Waals surface area contributed by atoms with Crippen molar-refractivity contribution >= 4 is 21.7 Å². The van der Waals surface area contributed by atoms with Crippen LogP contribution in [0.3, 0.4) is 0 Å². The molecule has 0 bridgehead atoms. The summed E-state index contributed by atoms with van der Waals surface area (Å²) in [7, 11) is -3.32. The molecule has 0 aliphatic carbocycles. The van der Waals surface area contributed by atoms with Crippen molar-refractivity contribution in [3.63, 3.8) is 0 Å². The number of aryl methyl sites for hydroxylation is 1. The smallest absolute Gasteiger partial charge is 0.231 e. The van der Waals surface area contributed by atoms with E-state index in [1.54, 1.807) is 12.1 Å². The van der Waals surface area contributed by atoms with Crippen molar-refractivity contribution in [3.05, 3.63) is 47.5 Å². The first-order chi connectivity index (χ1) is 9.44. The maximum absolute atomic E-state index is 11.0. The second-order valence-corrected chi connectivity index (χ2v) is 6.21. The summed E-state index contributed by atoms with van der Waals surface area (Å²) < 4.78 is 24.3. The van der Waals surface area contributed by atoms with E-state index < -0.39 is 10.0 Å². The summed E-state index contributed by atoms with van der Waals surface area (Å²) in [4.78, 5) is 0. The van der Waals surface area contributed by atoms with Crippen molar-refractivity contribution in [3.8, 4) is 0 Å². The van der Waals surface area contributed by atoms with Crippen LogP contribution in [0.5, 0.6) is 0 Å². The largest absolute Gasteiger partial charge is 0.364 e. The summed E-state index contributed by atoms with van der Waals surface area (Å²) in [6, 6.07) is 11.3. The van der Waals surface area contributed by atoms with Crippen LogP contribution in [-0.2, 0) is 16.6 Å². The molecule has 1 aromatic heterocycles. The first kappa shape index (κ1) is 14.3. The van der Waals surface area contributed by atoms with Crippen LogP contribution in [0.25, 0.3) is 0 Å². The minimum Gasteiger partial charge on any atom is -0.364 e. The van der Waals surface area contributed by atoms with Gasteiger partial charge in [0.25, 0.3) is 0 Å². The average Bonchev–Trinajstić information content (AvgIpc) is 2.38. The van der Waals surface area contributed by atoms with Gasteiger partial charge in [-0.25, -0.2) is 8.42 Å². The molecule has 2 rings (SSSR count). The van der Waals surface area contributed by atoms with Gasteiger partial charge in [0.1, 0.15) is 5.82 Å². The van der Waals surface area contributed by atoms with Gasteiger partial charge >= 0.3 is 0 Å². The van der Waals surface area contributed by atoms with Crippen LogP contribution >= 0.6 is 0 Å². The Labute approximate surface area is 118 Å². The van der Waals surface area contributed by atoms with E-state index in [-0.39, 0.29) is 5.82 Å². The molecule has 0 radical (unpaired) electrons. The normalized spacial score (nSPS) is 11.1. The minimum absolute atomic E-state index is 0.203. The third-order valence-electron chi connectivity index (χ3n) is 2.68. The maximum Gasteiger partial charge on any atom is 0.231 e. The highest BCUT2D eigenvalue weighted by Gasteiger charge is 2.04. The third-order valence-corrected chi connectivity index (χ3v) is 3.26. The zero-order chi connectivity index (χ0) is 14.6. The van der Waals surface area contributed by atoms with Crippen molar-refractivity contribution in [1.29, 1.82) is 0 Å². The average molecular weight is 292 g/mol. The molecule has 0 saturated carbocycles. The minimum atomic E-state index is -3.32. The second-order valence-electron chi connectivity index (χ2n) is 4.46. The molecular formula is C13H16N4O2S. The van der Waals surface area contributed by atoms with E-state index in [2.05, 4.69) is 20.2 Å². The first-order valence-electron chi connectivity index (χ1n) is 6.04. The van der Waals surface area contributed by atoms with Crippen molar-refractivity contribution in [2.75, 3.05) is 16.3 Å². The van der Waals surface area contributed by atoms with Gasteiger partial charge in [-0.05, 0) is 30.2 Å². The lowest BCUT2D eigenvalue weighted by Crippen LogP contribution is -2.12. The third kappa shape index (κ3) is 4.20. The summed E-state index contributed by atoms with van der Waals surface area (Å²) in [5, 5.41) is 10.9. The second kappa shape index (κ2) is 5.87. The molecule has 6 nitrogen and oxygen atoms in total. The lowest BCUT2D eigenvalue weighted by atomic mass is 10.1. The fourth-order valence-corrected chi connectivity index (χ4v) is 2.15. The number of nitrogens with zero attached hydrogens (tertiary/aromatic N) is 2. The van der Waals surface area contributed by atoms with E-state index in [0.29, 0.717) is 12.4 Å². The van der Waals surface area contributed by atoms with Gasteiger partial charge in [-0.15, -0.1) is 10.2 Å². The molecule has 0 fully saturated rings. The standard InChI is InChI=1S/C13H16N4O2S/c1-10-5-3-4-6-11(10)9-14-12-7-8-13(16-15-12)17-20(2,18)19/h3-8H,9H2,1-2H3,(H,14,15)(H,16,17). The van der Waals surface area contributed by atoms with Gasteiger partial charge in [-0.1, -0.05) is 24.3 Å². The molecule has 0 amide bonds. The predicted octanol–water partition coefficient (Wildman–Crippen LogP) is 1.77. The monoisotopic (exact) mass is 292 g/mol. The number of sulfonamides is 1. The molecule has 2 aromatic rings. The highest BCUT2D eigenvalue weighted by molar-refractivity contribution is 7.92. The van der Waals surface area contributed by atoms with Gasteiger partial charge in [0, 0.05) is 6.54 Å².